The third-order valence-corrected chi connectivity index (χ3v) is 7.95. The van der Waals surface area contributed by atoms with Crippen LogP contribution in [-0.2, 0) is 11.4 Å². The average molecular weight is 594 g/mol. The van der Waals surface area contributed by atoms with Crippen molar-refractivity contribution in [1.82, 2.24) is 0 Å². The van der Waals surface area contributed by atoms with Crippen molar-refractivity contribution in [3.05, 3.63) is 117 Å². The second-order valence-electron chi connectivity index (χ2n) is 12.0. The van der Waals surface area contributed by atoms with Crippen LogP contribution < -0.4 is 4.74 Å². The Labute approximate surface area is 268 Å². The van der Waals surface area contributed by atoms with Crippen molar-refractivity contribution in [1.29, 1.82) is 0 Å². The summed E-state index contributed by atoms with van der Waals surface area (Å²) in [7, 11) is 0. The number of hydrogen-bond acceptors (Lipinski definition) is 3. The third kappa shape index (κ3) is 10.5. The third-order valence-electron chi connectivity index (χ3n) is 7.95. The van der Waals surface area contributed by atoms with E-state index in [1.54, 1.807) is 13.0 Å². The topological polar surface area (TPSA) is 38.7 Å². The van der Waals surface area contributed by atoms with Gasteiger partial charge in [-0.15, -0.1) is 0 Å². The Hall–Kier alpha value is -3.72. The molecule has 1 aliphatic heterocycles. The van der Waals surface area contributed by atoms with Gasteiger partial charge in [-0.3, -0.25) is 9.79 Å². The fourth-order valence-corrected chi connectivity index (χ4v) is 4.78. The number of allylic oxidation sites excluding steroid dienone is 2. The Kier molecular flexibility index (Phi) is 15.1. The van der Waals surface area contributed by atoms with Crippen molar-refractivity contribution >= 4 is 17.6 Å². The number of hydrogen-bond donors (Lipinski definition) is 0. The zero-order chi connectivity index (χ0) is 32.8. The highest BCUT2D eigenvalue weighted by molar-refractivity contribution is 5.99. The molecule has 0 aromatic heterocycles. The number of ether oxygens (including phenoxy) is 1. The first-order valence-corrected chi connectivity index (χ1v) is 16.4. The fraction of sp³-hybridized carbons (Fsp3) is 0.415. The summed E-state index contributed by atoms with van der Waals surface area (Å²) in [5, 5.41) is 0. The monoisotopic (exact) mass is 593 g/mol. The van der Waals surface area contributed by atoms with Crippen LogP contribution in [0.3, 0.4) is 0 Å². The molecule has 236 valence electrons. The SMILES string of the molecule is CC.CCC(C)C.CCC(C)C=N/C=C(\C)C1c2ccc(C)c(c2)OCc2cccc(c2)/C(=C/C(C)=O)c2cc1ccc2C. The molecule has 0 amide bonds. The molecule has 0 radical (unpaired) electrons. The highest BCUT2D eigenvalue weighted by atomic mass is 16.5. The van der Waals surface area contributed by atoms with Gasteiger partial charge in [0, 0.05) is 18.3 Å². The number of carbonyl (C=O) groups is 1. The molecule has 0 saturated heterocycles. The van der Waals surface area contributed by atoms with Gasteiger partial charge in [0.2, 0.25) is 0 Å². The largest absolute Gasteiger partial charge is 0.489 e. The van der Waals surface area contributed by atoms with Crippen LogP contribution in [-0.4, -0.2) is 12.0 Å². The van der Waals surface area contributed by atoms with E-state index in [0.29, 0.717) is 12.5 Å². The van der Waals surface area contributed by atoms with Crippen LogP contribution in [0, 0.1) is 25.7 Å². The zero-order valence-electron chi connectivity index (χ0n) is 29.1. The van der Waals surface area contributed by atoms with E-state index < -0.39 is 0 Å². The van der Waals surface area contributed by atoms with E-state index >= 15 is 0 Å². The van der Waals surface area contributed by atoms with Crippen LogP contribution in [0.25, 0.3) is 5.57 Å². The Morgan fingerprint density at radius 1 is 0.909 bits per heavy atom. The van der Waals surface area contributed by atoms with Gasteiger partial charge in [-0.1, -0.05) is 97.4 Å². The number of aryl methyl sites for hydroxylation is 2. The van der Waals surface area contributed by atoms with Gasteiger partial charge in [-0.05, 0) is 120 Å². The van der Waals surface area contributed by atoms with E-state index in [2.05, 4.69) is 115 Å². The van der Waals surface area contributed by atoms with E-state index in [1.807, 2.05) is 32.3 Å². The predicted molar refractivity (Wildman–Crippen MR) is 191 cm³/mol. The van der Waals surface area contributed by atoms with Gasteiger partial charge in [-0.25, -0.2) is 0 Å². The lowest BCUT2D eigenvalue weighted by Crippen LogP contribution is -2.06. The van der Waals surface area contributed by atoms with Crippen LogP contribution >= 0.6 is 0 Å². The smallest absolute Gasteiger partial charge is 0.153 e. The van der Waals surface area contributed by atoms with Gasteiger partial charge in [0.05, 0.1) is 0 Å². The van der Waals surface area contributed by atoms with Crippen molar-refractivity contribution in [3.8, 4) is 5.75 Å². The van der Waals surface area contributed by atoms with E-state index in [0.717, 1.165) is 68.2 Å². The van der Waals surface area contributed by atoms with Crippen molar-refractivity contribution in [2.45, 2.75) is 102 Å². The standard InChI is InChI=1S/C34H37NO2.C5H12.C2H6/c1-7-22(2)19-35-20-25(5)34-29-13-11-23(3)31(17-29)32(15-26(6)36)28-10-8-9-27(16-28)21-37-33-18-30(34)14-12-24(33)4;1-4-5(2)3;1-2/h8-20,22,34H,7,21H2,1-6H3;5H,4H2,1-3H3;1-2H3/b25-20+,32-15-,35-19?;;. The maximum atomic E-state index is 12.3. The van der Waals surface area contributed by atoms with E-state index in [1.165, 1.54) is 6.42 Å². The minimum Gasteiger partial charge on any atom is -0.489 e. The van der Waals surface area contributed by atoms with Crippen molar-refractivity contribution in [2.24, 2.45) is 16.8 Å². The van der Waals surface area contributed by atoms with Crippen molar-refractivity contribution in [2.75, 3.05) is 0 Å². The molecule has 4 rings (SSSR count). The van der Waals surface area contributed by atoms with Gasteiger partial charge in [0.25, 0.3) is 0 Å². The van der Waals surface area contributed by atoms with Crippen LogP contribution in [0.2, 0.25) is 0 Å². The van der Waals surface area contributed by atoms with E-state index in [4.69, 9.17) is 4.74 Å². The number of rotatable bonds is 6. The van der Waals surface area contributed by atoms with Gasteiger partial charge in [0.1, 0.15) is 12.4 Å². The molecule has 3 heteroatoms. The maximum Gasteiger partial charge on any atom is 0.153 e. The Balaban J connectivity index is 0.000000876. The summed E-state index contributed by atoms with van der Waals surface area (Å²) >= 11 is 0. The molecule has 1 heterocycles. The van der Waals surface area contributed by atoms with E-state index in [-0.39, 0.29) is 11.7 Å². The minimum atomic E-state index is -0.00109. The molecule has 2 atom stereocenters. The van der Waals surface area contributed by atoms with Gasteiger partial charge in [-0.2, -0.15) is 0 Å². The molecule has 0 N–H and O–H groups in total. The molecule has 6 bridgehead atoms. The molecule has 0 fully saturated rings. The first kappa shape index (κ1) is 36.5. The van der Waals surface area contributed by atoms with Gasteiger partial charge in [0.15, 0.2) is 5.78 Å². The second-order valence-corrected chi connectivity index (χ2v) is 12.0. The molecule has 0 saturated carbocycles. The predicted octanol–water partition coefficient (Wildman–Crippen LogP) is 11.4. The number of nitrogens with zero attached hydrogens (tertiary/aromatic N) is 1. The molecule has 3 aromatic rings. The first-order chi connectivity index (χ1) is 21.0. The van der Waals surface area contributed by atoms with Gasteiger partial charge < -0.3 is 4.74 Å². The van der Waals surface area contributed by atoms with Crippen LogP contribution in [0.4, 0.5) is 0 Å². The minimum absolute atomic E-state index is 0.00109. The molecule has 3 aromatic carbocycles. The summed E-state index contributed by atoms with van der Waals surface area (Å²) in [6, 6.07) is 21.4. The average Bonchev–Trinajstić information content (AvgIpc) is 3.02. The van der Waals surface area contributed by atoms with Crippen LogP contribution in [0.15, 0.2) is 83.5 Å². The molecular weight excluding hydrogens is 538 g/mol. The summed E-state index contributed by atoms with van der Waals surface area (Å²) < 4.78 is 6.35. The molecular formula is C41H55NO2. The maximum absolute atomic E-state index is 12.3. The highest BCUT2D eigenvalue weighted by Crippen LogP contribution is 2.38. The van der Waals surface area contributed by atoms with Crippen LogP contribution in [0.1, 0.15) is 120 Å². The Morgan fingerprint density at radius 3 is 2.16 bits per heavy atom. The summed E-state index contributed by atoms with van der Waals surface area (Å²) in [4.78, 5) is 17.0. The molecule has 0 aliphatic carbocycles. The molecule has 2 unspecified atom stereocenters. The normalized spacial score (nSPS) is 16.0. The molecule has 0 spiro atoms. The van der Waals surface area contributed by atoms with Crippen molar-refractivity contribution in [3.63, 3.8) is 0 Å². The van der Waals surface area contributed by atoms with Crippen molar-refractivity contribution < 1.29 is 9.53 Å². The number of ketones is 1. The lowest BCUT2D eigenvalue weighted by Gasteiger charge is -2.22. The van der Waals surface area contributed by atoms with Gasteiger partial charge >= 0.3 is 0 Å². The Morgan fingerprint density at radius 2 is 1.55 bits per heavy atom. The highest BCUT2D eigenvalue weighted by Gasteiger charge is 2.21. The summed E-state index contributed by atoms with van der Waals surface area (Å²) in [6.07, 6.45) is 8.13. The lowest BCUT2D eigenvalue weighted by molar-refractivity contribution is -0.112. The van der Waals surface area contributed by atoms with Crippen LogP contribution in [0.5, 0.6) is 5.75 Å². The molecule has 3 nitrogen and oxygen atoms in total. The number of aliphatic imine (C=N–C) groups is 1. The fourth-order valence-electron chi connectivity index (χ4n) is 4.78. The first-order valence-electron chi connectivity index (χ1n) is 16.4. The second kappa shape index (κ2) is 18.2. The summed E-state index contributed by atoms with van der Waals surface area (Å²) in [5.74, 6) is 2.23. The number of carbonyl (C=O) groups excluding carboxylic acids is 1. The number of benzene rings is 3. The summed E-state index contributed by atoms with van der Waals surface area (Å²) in [5.41, 5.74) is 9.79. The Bertz CT molecular complexity index is 1460. The molecule has 44 heavy (non-hydrogen) atoms. The van der Waals surface area contributed by atoms with E-state index in [9.17, 15) is 4.79 Å². The number of fused-ring (bicyclic) bond motifs is 6. The zero-order valence-corrected chi connectivity index (χ0v) is 29.1. The quantitative estimate of drug-likeness (QED) is 0.211. The molecule has 1 aliphatic rings. The lowest BCUT2D eigenvalue weighted by atomic mass is 9.82. The summed E-state index contributed by atoms with van der Waals surface area (Å²) in [6.45, 7) is 23.4.